The van der Waals surface area contributed by atoms with Crippen LogP contribution >= 0.6 is 11.3 Å². The molecule has 0 unspecified atom stereocenters. The molecule has 0 spiro atoms. The van der Waals surface area contributed by atoms with Gasteiger partial charge in [-0.1, -0.05) is 6.92 Å². The number of fused-ring (bicyclic) bond motifs is 1. The predicted octanol–water partition coefficient (Wildman–Crippen LogP) is 1.44. The number of rotatable bonds is 3. The number of thiazole rings is 1. The van der Waals surface area contributed by atoms with E-state index in [1.165, 1.54) is 11.3 Å². The Balaban J connectivity index is 2.61. The number of aryl methyl sites for hydroxylation is 1. The Morgan fingerprint density at radius 2 is 2.43 bits per heavy atom. The van der Waals surface area contributed by atoms with E-state index in [9.17, 15) is 4.79 Å². The molecule has 0 amide bonds. The van der Waals surface area contributed by atoms with Crippen LogP contribution in [0.5, 0.6) is 0 Å². The number of carboxylic acid groups (broad SMARTS) is 1. The summed E-state index contributed by atoms with van der Waals surface area (Å²) in [5, 5.41) is 18.4. The molecule has 2 heterocycles. The van der Waals surface area contributed by atoms with E-state index in [2.05, 4.69) is 10.2 Å². The fraction of sp³-hybridized carbons (Fsp3) is 0.375. The number of nitrogens with zero attached hydrogens (tertiary/aromatic N) is 3. The van der Waals surface area contributed by atoms with E-state index < -0.39 is 5.97 Å². The molecule has 2 rings (SSSR count). The molecule has 2 aromatic rings. The molecule has 0 aromatic carbocycles. The van der Waals surface area contributed by atoms with Crippen molar-refractivity contribution in [2.75, 3.05) is 0 Å². The third kappa shape index (κ3) is 1.27. The summed E-state index contributed by atoms with van der Waals surface area (Å²) in [6.45, 7) is 2.02. The second kappa shape index (κ2) is 3.38. The molecule has 0 bridgehead atoms. The fourth-order valence-corrected chi connectivity index (χ4v) is 2.13. The molecule has 0 aliphatic rings. The number of aromatic nitrogens is 3. The van der Waals surface area contributed by atoms with Gasteiger partial charge in [-0.05, 0) is 6.42 Å². The van der Waals surface area contributed by atoms with Crippen molar-refractivity contribution in [2.45, 2.75) is 19.8 Å². The highest BCUT2D eigenvalue weighted by Gasteiger charge is 2.15. The lowest BCUT2D eigenvalue weighted by Gasteiger charge is -1.95. The Morgan fingerprint density at radius 1 is 1.64 bits per heavy atom. The van der Waals surface area contributed by atoms with Gasteiger partial charge in [-0.3, -0.25) is 4.40 Å². The average Bonchev–Trinajstić information content (AvgIpc) is 2.67. The van der Waals surface area contributed by atoms with E-state index in [1.54, 1.807) is 9.78 Å². The summed E-state index contributed by atoms with van der Waals surface area (Å²) >= 11 is 1.30. The number of hydrogen-bond donors (Lipinski definition) is 1. The quantitative estimate of drug-likeness (QED) is 0.834. The second-order valence-electron chi connectivity index (χ2n) is 2.91. The minimum Gasteiger partial charge on any atom is -0.477 e. The average molecular weight is 211 g/mol. The van der Waals surface area contributed by atoms with Crippen molar-refractivity contribution in [1.29, 1.82) is 0 Å². The summed E-state index contributed by atoms with van der Waals surface area (Å²) in [5.74, 6) is -0.213. The maximum atomic E-state index is 10.9. The first-order valence-electron chi connectivity index (χ1n) is 4.28. The normalized spacial score (nSPS) is 10.9. The van der Waals surface area contributed by atoms with Crippen molar-refractivity contribution in [2.24, 2.45) is 0 Å². The van der Waals surface area contributed by atoms with Crippen LogP contribution in [0, 0.1) is 0 Å². The lowest BCUT2D eigenvalue weighted by Crippen LogP contribution is -2.04. The van der Waals surface area contributed by atoms with E-state index in [0.29, 0.717) is 4.96 Å². The van der Waals surface area contributed by atoms with Crippen molar-refractivity contribution in [3.8, 4) is 0 Å². The van der Waals surface area contributed by atoms with Gasteiger partial charge in [0.25, 0.3) is 0 Å². The molecule has 0 saturated carbocycles. The van der Waals surface area contributed by atoms with Gasteiger partial charge < -0.3 is 5.11 Å². The van der Waals surface area contributed by atoms with Crippen molar-refractivity contribution in [3.63, 3.8) is 0 Å². The largest absolute Gasteiger partial charge is 0.477 e. The van der Waals surface area contributed by atoms with Gasteiger partial charge in [0.2, 0.25) is 4.96 Å². The van der Waals surface area contributed by atoms with Crippen molar-refractivity contribution >= 4 is 22.3 Å². The highest BCUT2D eigenvalue weighted by atomic mass is 32.1. The Hall–Kier alpha value is -1.43. The molecule has 6 heteroatoms. The van der Waals surface area contributed by atoms with Crippen LogP contribution in [0.1, 0.15) is 29.7 Å². The lowest BCUT2D eigenvalue weighted by atomic mass is 10.3. The molecule has 0 radical (unpaired) electrons. The van der Waals surface area contributed by atoms with Crippen LogP contribution in [0.25, 0.3) is 4.96 Å². The lowest BCUT2D eigenvalue weighted by molar-refractivity contribution is 0.0689. The number of carboxylic acids is 1. The molecule has 0 aliphatic carbocycles. The monoisotopic (exact) mass is 211 g/mol. The Morgan fingerprint density at radius 3 is 3.07 bits per heavy atom. The topological polar surface area (TPSA) is 67.5 Å². The SMILES string of the molecule is CCCc1nnc2scc(C(=O)O)n12. The zero-order valence-electron chi connectivity index (χ0n) is 7.60. The number of aromatic carboxylic acids is 1. The minimum atomic E-state index is -0.937. The first-order valence-corrected chi connectivity index (χ1v) is 5.16. The summed E-state index contributed by atoms with van der Waals surface area (Å²) in [4.78, 5) is 11.5. The maximum Gasteiger partial charge on any atom is 0.353 e. The summed E-state index contributed by atoms with van der Waals surface area (Å²) < 4.78 is 1.61. The Kier molecular flexibility index (Phi) is 2.20. The second-order valence-corrected chi connectivity index (χ2v) is 3.75. The van der Waals surface area contributed by atoms with Gasteiger partial charge in [-0.15, -0.1) is 21.5 Å². The third-order valence-corrected chi connectivity index (χ3v) is 2.73. The van der Waals surface area contributed by atoms with E-state index in [4.69, 9.17) is 5.11 Å². The summed E-state index contributed by atoms with van der Waals surface area (Å²) in [6.07, 6.45) is 1.67. The molecule has 74 valence electrons. The molecule has 0 atom stereocenters. The van der Waals surface area contributed by atoms with E-state index in [1.807, 2.05) is 6.92 Å². The zero-order valence-corrected chi connectivity index (χ0v) is 8.41. The van der Waals surface area contributed by atoms with Crippen molar-refractivity contribution < 1.29 is 9.90 Å². The Labute approximate surface area is 84.0 Å². The highest BCUT2D eigenvalue weighted by molar-refractivity contribution is 7.15. The smallest absolute Gasteiger partial charge is 0.353 e. The summed E-state index contributed by atoms with van der Waals surface area (Å²) in [7, 11) is 0. The molecule has 0 saturated heterocycles. The maximum absolute atomic E-state index is 10.9. The molecule has 0 aliphatic heterocycles. The predicted molar refractivity (Wildman–Crippen MR) is 51.8 cm³/mol. The molecule has 5 nitrogen and oxygen atoms in total. The minimum absolute atomic E-state index is 0.249. The van der Waals surface area contributed by atoms with E-state index in [0.717, 1.165) is 18.7 Å². The van der Waals surface area contributed by atoms with Gasteiger partial charge in [0.1, 0.15) is 11.5 Å². The molecular weight excluding hydrogens is 202 g/mol. The van der Waals surface area contributed by atoms with Gasteiger partial charge in [-0.25, -0.2) is 4.79 Å². The van der Waals surface area contributed by atoms with Crippen LogP contribution in [-0.2, 0) is 6.42 Å². The highest BCUT2D eigenvalue weighted by Crippen LogP contribution is 2.16. The molecular formula is C8H9N3O2S. The van der Waals surface area contributed by atoms with Gasteiger partial charge in [0.05, 0.1) is 0 Å². The zero-order chi connectivity index (χ0) is 10.1. The van der Waals surface area contributed by atoms with Crippen LogP contribution in [0.2, 0.25) is 0 Å². The number of carbonyl (C=O) groups is 1. The van der Waals surface area contributed by atoms with Crippen LogP contribution in [0.3, 0.4) is 0 Å². The first kappa shape index (κ1) is 9.14. The summed E-state index contributed by atoms with van der Waals surface area (Å²) in [5.41, 5.74) is 0.249. The van der Waals surface area contributed by atoms with Crippen LogP contribution < -0.4 is 0 Å². The molecule has 14 heavy (non-hydrogen) atoms. The van der Waals surface area contributed by atoms with Crippen LogP contribution in [0.4, 0.5) is 0 Å². The van der Waals surface area contributed by atoms with E-state index >= 15 is 0 Å². The first-order chi connectivity index (χ1) is 6.74. The van der Waals surface area contributed by atoms with Gasteiger partial charge in [-0.2, -0.15) is 0 Å². The van der Waals surface area contributed by atoms with Gasteiger partial charge >= 0.3 is 5.97 Å². The molecule has 2 aromatic heterocycles. The van der Waals surface area contributed by atoms with Crippen molar-refractivity contribution in [3.05, 3.63) is 16.9 Å². The summed E-state index contributed by atoms with van der Waals surface area (Å²) in [6, 6.07) is 0. The van der Waals surface area contributed by atoms with Gasteiger partial charge in [0, 0.05) is 11.8 Å². The third-order valence-electron chi connectivity index (χ3n) is 1.91. The number of hydrogen-bond acceptors (Lipinski definition) is 4. The molecule has 1 N–H and O–H groups in total. The van der Waals surface area contributed by atoms with E-state index in [-0.39, 0.29) is 5.69 Å². The van der Waals surface area contributed by atoms with Crippen LogP contribution in [0.15, 0.2) is 5.38 Å². The standard InChI is InChI=1S/C8H9N3O2S/c1-2-3-6-9-10-8-11(6)5(4-14-8)7(12)13/h4H,2-3H2,1H3,(H,12,13). The van der Waals surface area contributed by atoms with Crippen molar-refractivity contribution in [1.82, 2.24) is 14.6 Å². The fourth-order valence-electron chi connectivity index (χ4n) is 1.31. The van der Waals surface area contributed by atoms with Crippen LogP contribution in [-0.4, -0.2) is 25.7 Å². The molecule has 0 fully saturated rings. The van der Waals surface area contributed by atoms with Gasteiger partial charge in [0.15, 0.2) is 0 Å². The Bertz CT molecular complexity index is 474.